The normalized spacial score (nSPS) is 11.3. The Morgan fingerprint density at radius 1 is 1.17 bits per heavy atom. The van der Waals surface area contributed by atoms with E-state index >= 15 is 0 Å². The molecule has 0 unspecified atom stereocenters. The van der Waals surface area contributed by atoms with Gasteiger partial charge in [0.05, 0.1) is 21.7 Å². The zero-order valence-electron chi connectivity index (χ0n) is 12.1. The lowest BCUT2D eigenvalue weighted by molar-refractivity contribution is 0.599. The van der Waals surface area contributed by atoms with E-state index in [1.807, 2.05) is 6.92 Å². The lowest BCUT2D eigenvalue weighted by Gasteiger charge is -2.10. The van der Waals surface area contributed by atoms with Crippen LogP contribution in [0.25, 0.3) is 10.9 Å². The van der Waals surface area contributed by atoms with E-state index in [0.717, 1.165) is 17.7 Å². The average Bonchev–Trinajstić information content (AvgIpc) is 2.95. The summed E-state index contributed by atoms with van der Waals surface area (Å²) in [6.45, 7) is 1.84. The smallest absolute Gasteiger partial charge is 0.261 e. The standard InChI is InChI=1S/C16H12FN3O2S/c1-10-2-7-14(16-15(10)11(8-18)9-19-16)20-23(21,22)13-5-3-12(17)4-6-13/h2-7,9,19-20H,1H3. The van der Waals surface area contributed by atoms with Crippen LogP contribution in [0.15, 0.2) is 47.5 Å². The van der Waals surface area contributed by atoms with E-state index in [9.17, 15) is 12.8 Å². The number of aromatic nitrogens is 1. The molecule has 7 heteroatoms. The van der Waals surface area contributed by atoms with Crippen molar-refractivity contribution in [3.63, 3.8) is 0 Å². The third-order valence-electron chi connectivity index (χ3n) is 3.53. The summed E-state index contributed by atoms with van der Waals surface area (Å²) in [6, 6.07) is 9.98. The molecule has 0 spiro atoms. The topological polar surface area (TPSA) is 85.8 Å². The fourth-order valence-electron chi connectivity index (χ4n) is 2.41. The first-order valence-corrected chi connectivity index (χ1v) is 8.20. The van der Waals surface area contributed by atoms with E-state index < -0.39 is 15.8 Å². The van der Waals surface area contributed by atoms with E-state index in [0.29, 0.717) is 22.2 Å². The number of fused-ring (bicyclic) bond motifs is 1. The summed E-state index contributed by atoms with van der Waals surface area (Å²) < 4.78 is 40.2. The maximum Gasteiger partial charge on any atom is 0.261 e. The quantitative estimate of drug-likeness (QED) is 0.773. The number of rotatable bonds is 3. The van der Waals surface area contributed by atoms with Crippen molar-refractivity contribution in [2.75, 3.05) is 4.72 Å². The molecule has 0 aliphatic rings. The summed E-state index contributed by atoms with van der Waals surface area (Å²) in [4.78, 5) is 2.88. The van der Waals surface area contributed by atoms with Gasteiger partial charge in [0.25, 0.3) is 10.0 Å². The first-order chi connectivity index (χ1) is 10.9. The predicted octanol–water partition coefficient (Wildman–Crippen LogP) is 3.29. The number of hydrogen-bond acceptors (Lipinski definition) is 3. The minimum atomic E-state index is -3.85. The molecule has 3 aromatic rings. The zero-order chi connectivity index (χ0) is 16.6. The SMILES string of the molecule is Cc1ccc(NS(=O)(=O)c2ccc(F)cc2)c2[nH]cc(C#N)c12. The lowest BCUT2D eigenvalue weighted by atomic mass is 10.1. The highest BCUT2D eigenvalue weighted by molar-refractivity contribution is 7.92. The van der Waals surface area contributed by atoms with Gasteiger partial charge in [-0.3, -0.25) is 4.72 Å². The van der Waals surface area contributed by atoms with Crippen molar-refractivity contribution in [3.8, 4) is 6.07 Å². The Bertz CT molecular complexity index is 1030. The molecule has 0 aliphatic heterocycles. The van der Waals surface area contributed by atoms with E-state index in [-0.39, 0.29) is 4.90 Å². The second-order valence-electron chi connectivity index (χ2n) is 5.05. The molecule has 0 radical (unpaired) electrons. The second kappa shape index (κ2) is 5.41. The Morgan fingerprint density at radius 3 is 2.52 bits per heavy atom. The summed E-state index contributed by atoms with van der Waals surface area (Å²) in [6.07, 6.45) is 1.54. The fraction of sp³-hybridized carbons (Fsp3) is 0.0625. The molecule has 2 aromatic carbocycles. The molecular formula is C16H12FN3O2S. The number of nitrogens with zero attached hydrogens (tertiary/aromatic N) is 1. The molecule has 0 amide bonds. The van der Waals surface area contributed by atoms with Gasteiger partial charge in [-0.05, 0) is 42.8 Å². The maximum atomic E-state index is 12.9. The van der Waals surface area contributed by atoms with Crippen LogP contribution in [-0.4, -0.2) is 13.4 Å². The van der Waals surface area contributed by atoms with Gasteiger partial charge in [-0.25, -0.2) is 12.8 Å². The molecule has 0 saturated heterocycles. The largest absolute Gasteiger partial charge is 0.358 e. The van der Waals surface area contributed by atoms with Crippen LogP contribution < -0.4 is 4.72 Å². The second-order valence-corrected chi connectivity index (χ2v) is 6.74. The Hall–Kier alpha value is -2.85. The molecule has 5 nitrogen and oxygen atoms in total. The van der Waals surface area contributed by atoms with Crippen LogP contribution in [0.5, 0.6) is 0 Å². The van der Waals surface area contributed by atoms with Crippen LogP contribution >= 0.6 is 0 Å². The van der Waals surface area contributed by atoms with Gasteiger partial charge in [0.1, 0.15) is 11.9 Å². The van der Waals surface area contributed by atoms with E-state index in [1.165, 1.54) is 18.3 Å². The van der Waals surface area contributed by atoms with E-state index in [4.69, 9.17) is 5.26 Å². The Balaban J connectivity index is 2.08. The lowest BCUT2D eigenvalue weighted by Crippen LogP contribution is -2.13. The van der Waals surface area contributed by atoms with Gasteiger partial charge in [-0.2, -0.15) is 5.26 Å². The zero-order valence-corrected chi connectivity index (χ0v) is 12.9. The molecule has 0 aliphatic carbocycles. The summed E-state index contributed by atoms with van der Waals surface area (Å²) in [7, 11) is -3.85. The minimum Gasteiger partial charge on any atom is -0.358 e. The number of nitrogens with one attached hydrogen (secondary N) is 2. The molecule has 2 N–H and O–H groups in total. The van der Waals surface area contributed by atoms with Crippen molar-refractivity contribution < 1.29 is 12.8 Å². The average molecular weight is 329 g/mol. The van der Waals surface area contributed by atoms with E-state index in [2.05, 4.69) is 15.8 Å². The Kier molecular flexibility index (Phi) is 3.54. The van der Waals surface area contributed by atoms with Crippen LogP contribution in [0.3, 0.4) is 0 Å². The van der Waals surface area contributed by atoms with Crippen molar-refractivity contribution in [2.45, 2.75) is 11.8 Å². The van der Waals surface area contributed by atoms with Crippen molar-refractivity contribution in [3.05, 3.63) is 59.5 Å². The molecule has 0 bridgehead atoms. The molecule has 0 atom stereocenters. The van der Waals surface area contributed by atoms with Crippen molar-refractivity contribution in [1.82, 2.24) is 4.98 Å². The summed E-state index contributed by atoms with van der Waals surface area (Å²) >= 11 is 0. The highest BCUT2D eigenvalue weighted by Gasteiger charge is 2.17. The van der Waals surface area contributed by atoms with Crippen LogP contribution in [0.2, 0.25) is 0 Å². The van der Waals surface area contributed by atoms with Gasteiger partial charge in [-0.15, -0.1) is 0 Å². The van der Waals surface area contributed by atoms with Crippen LogP contribution in [0.4, 0.5) is 10.1 Å². The van der Waals surface area contributed by atoms with Gasteiger partial charge in [0.15, 0.2) is 0 Å². The molecule has 0 saturated carbocycles. The van der Waals surface area contributed by atoms with Gasteiger partial charge in [0.2, 0.25) is 0 Å². The number of anilines is 1. The number of nitriles is 1. The molecular weight excluding hydrogens is 317 g/mol. The van der Waals surface area contributed by atoms with Crippen LogP contribution in [0, 0.1) is 24.1 Å². The maximum absolute atomic E-state index is 12.9. The van der Waals surface area contributed by atoms with Gasteiger partial charge in [0, 0.05) is 11.6 Å². The number of halogens is 1. The molecule has 23 heavy (non-hydrogen) atoms. The number of hydrogen-bond donors (Lipinski definition) is 2. The Morgan fingerprint density at radius 2 is 1.87 bits per heavy atom. The number of aryl methyl sites for hydroxylation is 1. The predicted molar refractivity (Wildman–Crippen MR) is 85.0 cm³/mol. The molecule has 1 heterocycles. The van der Waals surface area contributed by atoms with Crippen molar-refractivity contribution in [2.24, 2.45) is 0 Å². The first-order valence-electron chi connectivity index (χ1n) is 6.71. The Labute approximate surface area is 132 Å². The third-order valence-corrected chi connectivity index (χ3v) is 4.91. The number of H-pyrrole nitrogens is 1. The summed E-state index contributed by atoms with van der Waals surface area (Å²) in [5.74, 6) is -0.510. The molecule has 116 valence electrons. The number of benzene rings is 2. The van der Waals surface area contributed by atoms with Gasteiger partial charge >= 0.3 is 0 Å². The van der Waals surface area contributed by atoms with Gasteiger partial charge < -0.3 is 4.98 Å². The number of sulfonamides is 1. The highest BCUT2D eigenvalue weighted by Crippen LogP contribution is 2.29. The highest BCUT2D eigenvalue weighted by atomic mass is 32.2. The molecule has 1 aromatic heterocycles. The fourth-order valence-corrected chi connectivity index (χ4v) is 3.48. The molecule has 3 rings (SSSR count). The third kappa shape index (κ3) is 2.64. The van der Waals surface area contributed by atoms with E-state index in [1.54, 1.807) is 12.1 Å². The summed E-state index contributed by atoms with van der Waals surface area (Å²) in [5.41, 5.74) is 2.17. The first kappa shape index (κ1) is 15.1. The summed E-state index contributed by atoms with van der Waals surface area (Å²) in [5, 5.41) is 9.81. The minimum absolute atomic E-state index is 0.0420. The van der Waals surface area contributed by atoms with Gasteiger partial charge in [-0.1, -0.05) is 6.07 Å². The van der Waals surface area contributed by atoms with Crippen LogP contribution in [0.1, 0.15) is 11.1 Å². The van der Waals surface area contributed by atoms with Crippen molar-refractivity contribution >= 4 is 26.6 Å². The number of aromatic amines is 1. The van der Waals surface area contributed by atoms with Crippen molar-refractivity contribution in [1.29, 1.82) is 5.26 Å². The monoisotopic (exact) mass is 329 g/mol. The molecule has 0 fully saturated rings. The van der Waals surface area contributed by atoms with Crippen LogP contribution in [-0.2, 0) is 10.0 Å².